The molecule has 1 heterocycles. The normalized spacial score (nSPS) is 12.9. The highest BCUT2D eigenvalue weighted by atomic mass is 16.6. The largest absolute Gasteiger partial charge is 0.486 e. The lowest BCUT2D eigenvalue weighted by molar-refractivity contribution is -0.141. The maximum absolute atomic E-state index is 11.7. The van der Waals surface area contributed by atoms with Crippen molar-refractivity contribution in [3.63, 3.8) is 0 Å². The summed E-state index contributed by atoms with van der Waals surface area (Å²) in [4.78, 5) is 22.7. The van der Waals surface area contributed by atoms with E-state index in [-0.39, 0.29) is 31.0 Å². The van der Waals surface area contributed by atoms with E-state index >= 15 is 0 Å². The quantitative estimate of drug-likeness (QED) is 0.755. The number of ketones is 1. The van der Waals surface area contributed by atoms with Crippen LogP contribution in [0.25, 0.3) is 0 Å². The molecular weight excluding hydrogens is 248 g/mol. The van der Waals surface area contributed by atoms with E-state index in [1.165, 1.54) is 7.11 Å². The molecule has 0 saturated heterocycles. The van der Waals surface area contributed by atoms with Crippen LogP contribution in [0.15, 0.2) is 18.2 Å². The Labute approximate surface area is 111 Å². The number of esters is 1. The van der Waals surface area contributed by atoms with Gasteiger partial charge >= 0.3 is 5.97 Å². The molecule has 0 atom stereocenters. The van der Waals surface area contributed by atoms with Gasteiger partial charge in [0.25, 0.3) is 0 Å². The van der Waals surface area contributed by atoms with Crippen molar-refractivity contribution in [2.75, 3.05) is 20.3 Å². The van der Waals surface area contributed by atoms with Crippen LogP contribution in [-0.2, 0) is 20.7 Å². The summed E-state index contributed by atoms with van der Waals surface area (Å²) in [5, 5.41) is 0. The lowest BCUT2D eigenvalue weighted by Crippen LogP contribution is -2.15. The minimum absolute atomic E-state index is 0.00192. The second kappa shape index (κ2) is 6.22. The smallest absolute Gasteiger partial charge is 0.305 e. The second-order valence-electron chi connectivity index (χ2n) is 4.27. The van der Waals surface area contributed by atoms with E-state index in [0.29, 0.717) is 24.7 Å². The summed E-state index contributed by atoms with van der Waals surface area (Å²) in [5.41, 5.74) is 0.860. The van der Waals surface area contributed by atoms with Gasteiger partial charge in [-0.2, -0.15) is 0 Å². The topological polar surface area (TPSA) is 61.8 Å². The third-order valence-corrected chi connectivity index (χ3v) is 2.84. The van der Waals surface area contributed by atoms with Crippen molar-refractivity contribution in [2.24, 2.45) is 0 Å². The highest BCUT2D eigenvalue weighted by Crippen LogP contribution is 2.30. The Morgan fingerprint density at radius 1 is 1.16 bits per heavy atom. The third-order valence-electron chi connectivity index (χ3n) is 2.84. The van der Waals surface area contributed by atoms with Crippen LogP contribution in [0.3, 0.4) is 0 Å². The fourth-order valence-corrected chi connectivity index (χ4v) is 1.86. The molecule has 0 aliphatic carbocycles. The first-order chi connectivity index (χ1) is 9.19. The fraction of sp³-hybridized carbons (Fsp3) is 0.429. The molecule has 0 bridgehead atoms. The van der Waals surface area contributed by atoms with E-state index in [1.807, 2.05) is 12.1 Å². The van der Waals surface area contributed by atoms with Crippen LogP contribution >= 0.6 is 0 Å². The van der Waals surface area contributed by atoms with Crippen molar-refractivity contribution in [1.29, 1.82) is 0 Å². The maximum Gasteiger partial charge on any atom is 0.305 e. The molecule has 0 amide bonds. The molecule has 5 nitrogen and oxygen atoms in total. The lowest BCUT2D eigenvalue weighted by Gasteiger charge is -2.18. The van der Waals surface area contributed by atoms with Gasteiger partial charge in [0.05, 0.1) is 13.5 Å². The summed E-state index contributed by atoms with van der Waals surface area (Å²) in [6.07, 6.45) is 0.606. The molecule has 1 aliphatic rings. The molecule has 0 unspecified atom stereocenters. The molecule has 1 aromatic carbocycles. The summed E-state index contributed by atoms with van der Waals surface area (Å²) in [6.45, 7) is 1.07. The Morgan fingerprint density at radius 2 is 1.89 bits per heavy atom. The zero-order valence-electron chi connectivity index (χ0n) is 10.8. The van der Waals surface area contributed by atoms with Gasteiger partial charge in [-0.1, -0.05) is 6.07 Å². The van der Waals surface area contributed by atoms with Gasteiger partial charge in [-0.3, -0.25) is 9.59 Å². The van der Waals surface area contributed by atoms with Crippen LogP contribution in [0.2, 0.25) is 0 Å². The molecule has 0 N–H and O–H groups in total. The Morgan fingerprint density at radius 3 is 2.63 bits per heavy atom. The first-order valence-corrected chi connectivity index (χ1v) is 6.16. The Balaban J connectivity index is 1.92. The van der Waals surface area contributed by atoms with Crippen LogP contribution in [0.5, 0.6) is 11.5 Å². The van der Waals surface area contributed by atoms with Crippen LogP contribution in [-0.4, -0.2) is 32.1 Å². The maximum atomic E-state index is 11.7. The average Bonchev–Trinajstić information content (AvgIpc) is 2.44. The van der Waals surface area contributed by atoms with E-state index in [4.69, 9.17) is 9.47 Å². The monoisotopic (exact) mass is 264 g/mol. The number of fused-ring (bicyclic) bond motifs is 1. The van der Waals surface area contributed by atoms with Gasteiger partial charge < -0.3 is 14.2 Å². The number of benzene rings is 1. The van der Waals surface area contributed by atoms with Crippen molar-refractivity contribution in [1.82, 2.24) is 0 Å². The van der Waals surface area contributed by atoms with Crippen molar-refractivity contribution < 1.29 is 23.8 Å². The summed E-state index contributed by atoms with van der Waals surface area (Å²) in [6, 6.07) is 5.45. The van der Waals surface area contributed by atoms with Gasteiger partial charge in [-0.05, 0) is 17.7 Å². The number of carbonyl (C=O) groups is 2. The van der Waals surface area contributed by atoms with Gasteiger partial charge in [-0.15, -0.1) is 0 Å². The van der Waals surface area contributed by atoms with Gasteiger partial charge in [0, 0.05) is 12.8 Å². The highest BCUT2D eigenvalue weighted by Gasteiger charge is 2.13. The Hall–Kier alpha value is -2.04. The van der Waals surface area contributed by atoms with E-state index < -0.39 is 0 Å². The number of hydrogen-bond acceptors (Lipinski definition) is 5. The number of ether oxygens (including phenoxy) is 3. The molecule has 5 heteroatoms. The van der Waals surface area contributed by atoms with Gasteiger partial charge in [-0.25, -0.2) is 0 Å². The van der Waals surface area contributed by atoms with Gasteiger partial charge in [0.1, 0.15) is 19.0 Å². The zero-order chi connectivity index (χ0) is 13.7. The molecule has 0 saturated carbocycles. The predicted molar refractivity (Wildman–Crippen MR) is 67.4 cm³/mol. The molecule has 19 heavy (non-hydrogen) atoms. The number of carbonyl (C=O) groups excluding carboxylic acids is 2. The van der Waals surface area contributed by atoms with Crippen molar-refractivity contribution in [3.05, 3.63) is 23.8 Å². The Bertz CT molecular complexity index is 481. The van der Waals surface area contributed by atoms with E-state index in [9.17, 15) is 9.59 Å². The van der Waals surface area contributed by atoms with Gasteiger partial charge in [0.2, 0.25) is 0 Å². The minimum atomic E-state index is -0.365. The SMILES string of the molecule is COC(=O)CCC(=O)Cc1ccc2c(c1)OCCO2. The van der Waals surface area contributed by atoms with Crippen molar-refractivity contribution in [2.45, 2.75) is 19.3 Å². The van der Waals surface area contributed by atoms with E-state index in [1.54, 1.807) is 6.07 Å². The predicted octanol–water partition coefficient (Wildman–Crippen LogP) is 1.52. The molecule has 0 radical (unpaired) electrons. The van der Waals surface area contributed by atoms with Crippen LogP contribution in [0.4, 0.5) is 0 Å². The van der Waals surface area contributed by atoms with Crippen LogP contribution in [0, 0.1) is 0 Å². The first kappa shape index (κ1) is 13.4. The molecule has 2 rings (SSSR count). The second-order valence-corrected chi connectivity index (χ2v) is 4.27. The highest BCUT2D eigenvalue weighted by molar-refractivity contribution is 5.84. The summed E-state index contributed by atoms with van der Waals surface area (Å²) in [7, 11) is 1.31. The summed E-state index contributed by atoms with van der Waals surface area (Å²) < 4.78 is 15.4. The average molecular weight is 264 g/mol. The summed E-state index contributed by atoms with van der Waals surface area (Å²) in [5.74, 6) is 1.01. The third kappa shape index (κ3) is 3.71. The molecular formula is C14H16O5. The Kier molecular flexibility index (Phi) is 4.39. The van der Waals surface area contributed by atoms with E-state index in [0.717, 1.165) is 5.56 Å². The minimum Gasteiger partial charge on any atom is -0.486 e. The standard InChI is InChI=1S/C14H16O5/c1-17-14(16)5-3-11(15)8-10-2-4-12-13(9-10)19-7-6-18-12/h2,4,9H,3,5-8H2,1H3. The van der Waals surface area contributed by atoms with E-state index in [2.05, 4.69) is 4.74 Å². The van der Waals surface area contributed by atoms with Crippen molar-refractivity contribution in [3.8, 4) is 11.5 Å². The molecule has 1 aromatic rings. The molecule has 0 spiro atoms. The number of hydrogen-bond donors (Lipinski definition) is 0. The number of Topliss-reactive ketones (excluding diaryl/α,β-unsaturated/α-hetero) is 1. The zero-order valence-corrected chi connectivity index (χ0v) is 10.8. The molecule has 0 aromatic heterocycles. The number of rotatable bonds is 5. The fourth-order valence-electron chi connectivity index (χ4n) is 1.86. The number of methoxy groups -OCH3 is 1. The summed E-state index contributed by atoms with van der Waals surface area (Å²) >= 11 is 0. The lowest BCUT2D eigenvalue weighted by atomic mass is 10.1. The first-order valence-electron chi connectivity index (χ1n) is 6.16. The molecule has 102 valence electrons. The van der Waals surface area contributed by atoms with Crippen molar-refractivity contribution >= 4 is 11.8 Å². The van der Waals surface area contributed by atoms with Crippen LogP contribution in [0.1, 0.15) is 18.4 Å². The molecule has 0 fully saturated rings. The van der Waals surface area contributed by atoms with Gasteiger partial charge in [0.15, 0.2) is 11.5 Å². The van der Waals surface area contributed by atoms with Crippen LogP contribution < -0.4 is 9.47 Å². The molecule has 1 aliphatic heterocycles.